The number of hydrogen-bond donors (Lipinski definition) is 1. The van der Waals surface area contributed by atoms with Gasteiger partial charge in [0.05, 0.1) is 0 Å². The molecule has 2 nitrogen and oxygen atoms in total. The maximum Gasteiger partial charge on any atom is 0.0377 e. The summed E-state index contributed by atoms with van der Waals surface area (Å²) in [5.74, 6) is 0.666. The zero-order valence-corrected chi connectivity index (χ0v) is 13.0. The molecule has 0 aromatic heterocycles. The monoisotopic (exact) mass is 330 g/mol. The standard InChI is InChI=1S/C17H19BrN2/c18-15-2-1-3-17(12-15)20-10-8-14(9-11-20)13-4-6-16(19)7-5-13/h1-7,12,14H,8-11,19H2. The Balaban J connectivity index is 1.66. The molecule has 0 atom stereocenters. The van der Waals surface area contributed by atoms with Crippen molar-refractivity contribution >= 4 is 27.3 Å². The minimum absolute atomic E-state index is 0.666. The van der Waals surface area contributed by atoms with Gasteiger partial charge in [-0.3, -0.25) is 0 Å². The number of anilines is 2. The maximum absolute atomic E-state index is 5.76. The van der Waals surface area contributed by atoms with Crippen LogP contribution in [0.15, 0.2) is 53.0 Å². The molecule has 0 aliphatic carbocycles. The summed E-state index contributed by atoms with van der Waals surface area (Å²) in [6, 6.07) is 16.9. The van der Waals surface area contributed by atoms with Gasteiger partial charge >= 0.3 is 0 Å². The van der Waals surface area contributed by atoms with Gasteiger partial charge in [0.2, 0.25) is 0 Å². The van der Waals surface area contributed by atoms with E-state index in [1.165, 1.54) is 24.1 Å². The number of hydrogen-bond acceptors (Lipinski definition) is 2. The number of rotatable bonds is 2. The minimum Gasteiger partial charge on any atom is -0.399 e. The number of piperidine rings is 1. The Hall–Kier alpha value is -1.48. The third-order valence-electron chi connectivity index (χ3n) is 4.08. The first-order valence-corrected chi connectivity index (χ1v) is 7.87. The number of halogens is 1. The average molecular weight is 331 g/mol. The molecule has 3 rings (SSSR count). The molecule has 0 spiro atoms. The van der Waals surface area contributed by atoms with Gasteiger partial charge in [0.1, 0.15) is 0 Å². The highest BCUT2D eigenvalue weighted by Crippen LogP contribution is 2.31. The van der Waals surface area contributed by atoms with E-state index < -0.39 is 0 Å². The van der Waals surface area contributed by atoms with Crippen molar-refractivity contribution in [2.45, 2.75) is 18.8 Å². The van der Waals surface area contributed by atoms with Crippen LogP contribution in [0.3, 0.4) is 0 Å². The molecule has 0 amide bonds. The topological polar surface area (TPSA) is 29.3 Å². The zero-order valence-electron chi connectivity index (χ0n) is 11.4. The van der Waals surface area contributed by atoms with Crippen LogP contribution in [0.5, 0.6) is 0 Å². The molecule has 2 aromatic carbocycles. The first-order chi connectivity index (χ1) is 9.72. The van der Waals surface area contributed by atoms with Crippen molar-refractivity contribution in [3.8, 4) is 0 Å². The molecule has 2 aromatic rings. The smallest absolute Gasteiger partial charge is 0.0377 e. The van der Waals surface area contributed by atoms with E-state index in [-0.39, 0.29) is 0 Å². The number of nitrogens with zero attached hydrogens (tertiary/aromatic N) is 1. The highest BCUT2D eigenvalue weighted by molar-refractivity contribution is 9.10. The summed E-state index contributed by atoms with van der Waals surface area (Å²) in [6.45, 7) is 2.23. The lowest BCUT2D eigenvalue weighted by Crippen LogP contribution is -2.32. The molecule has 104 valence electrons. The van der Waals surface area contributed by atoms with Crippen LogP contribution in [-0.2, 0) is 0 Å². The molecule has 1 heterocycles. The van der Waals surface area contributed by atoms with E-state index in [0.29, 0.717) is 5.92 Å². The lowest BCUT2D eigenvalue weighted by Gasteiger charge is -2.34. The SMILES string of the molecule is Nc1ccc(C2CCN(c3cccc(Br)c3)CC2)cc1. The van der Waals surface area contributed by atoms with E-state index >= 15 is 0 Å². The van der Waals surface area contributed by atoms with Gasteiger partial charge in [-0.25, -0.2) is 0 Å². The molecule has 2 N–H and O–H groups in total. The summed E-state index contributed by atoms with van der Waals surface area (Å²) in [5.41, 5.74) is 9.34. The highest BCUT2D eigenvalue weighted by Gasteiger charge is 2.20. The quantitative estimate of drug-likeness (QED) is 0.826. The van der Waals surface area contributed by atoms with Gasteiger partial charge in [0.15, 0.2) is 0 Å². The van der Waals surface area contributed by atoms with Crippen LogP contribution in [0.1, 0.15) is 24.3 Å². The molecular weight excluding hydrogens is 312 g/mol. The lowest BCUT2D eigenvalue weighted by atomic mass is 9.89. The molecule has 0 radical (unpaired) electrons. The highest BCUT2D eigenvalue weighted by atomic mass is 79.9. The van der Waals surface area contributed by atoms with Gasteiger partial charge in [-0.1, -0.05) is 34.1 Å². The Bertz CT molecular complexity index is 572. The van der Waals surface area contributed by atoms with E-state index in [1.54, 1.807) is 0 Å². The number of nitrogens with two attached hydrogens (primary N) is 1. The van der Waals surface area contributed by atoms with Gasteiger partial charge in [0, 0.05) is 28.9 Å². The second-order valence-corrected chi connectivity index (χ2v) is 6.32. The average Bonchev–Trinajstić information content (AvgIpc) is 2.48. The fourth-order valence-corrected chi connectivity index (χ4v) is 3.30. The fraction of sp³-hybridized carbons (Fsp3) is 0.294. The van der Waals surface area contributed by atoms with Crippen LogP contribution < -0.4 is 10.6 Å². The van der Waals surface area contributed by atoms with Crippen LogP contribution in [0.2, 0.25) is 0 Å². The molecule has 0 saturated carbocycles. The molecule has 1 aliphatic rings. The Labute approximate surface area is 128 Å². The predicted octanol–water partition coefficient (Wildman–Crippen LogP) is 4.42. The number of nitrogen functional groups attached to an aromatic ring is 1. The van der Waals surface area contributed by atoms with Gasteiger partial charge in [-0.2, -0.15) is 0 Å². The molecule has 3 heteroatoms. The van der Waals surface area contributed by atoms with E-state index in [4.69, 9.17) is 5.73 Å². The second-order valence-electron chi connectivity index (χ2n) is 5.41. The third-order valence-corrected chi connectivity index (χ3v) is 4.57. The van der Waals surface area contributed by atoms with Gasteiger partial charge in [-0.05, 0) is 54.7 Å². The fourth-order valence-electron chi connectivity index (χ4n) is 2.91. The van der Waals surface area contributed by atoms with Gasteiger partial charge < -0.3 is 10.6 Å². The summed E-state index contributed by atoms with van der Waals surface area (Å²) in [6.07, 6.45) is 2.41. The van der Waals surface area contributed by atoms with Crippen LogP contribution in [0.25, 0.3) is 0 Å². The molecule has 1 aliphatic heterocycles. The van der Waals surface area contributed by atoms with E-state index in [2.05, 4.69) is 57.2 Å². The van der Waals surface area contributed by atoms with Crippen LogP contribution in [-0.4, -0.2) is 13.1 Å². The van der Waals surface area contributed by atoms with Crippen molar-refractivity contribution in [3.63, 3.8) is 0 Å². The molecule has 1 fully saturated rings. The van der Waals surface area contributed by atoms with E-state index in [9.17, 15) is 0 Å². The van der Waals surface area contributed by atoms with Gasteiger partial charge in [0.25, 0.3) is 0 Å². The second kappa shape index (κ2) is 5.88. The summed E-state index contributed by atoms with van der Waals surface area (Å²) in [4.78, 5) is 2.47. The predicted molar refractivity (Wildman–Crippen MR) is 89.2 cm³/mol. The van der Waals surface area contributed by atoms with Crippen molar-refractivity contribution in [1.82, 2.24) is 0 Å². The Morgan fingerprint density at radius 2 is 1.70 bits per heavy atom. The normalized spacial score (nSPS) is 16.4. The summed E-state index contributed by atoms with van der Waals surface area (Å²) in [7, 11) is 0. The summed E-state index contributed by atoms with van der Waals surface area (Å²) in [5, 5.41) is 0. The van der Waals surface area contributed by atoms with Crippen LogP contribution in [0.4, 0.5) is 11.4 Å². The van der Waals surface area contributed by atoms with Crippen molar-refractivity contribution < 1.29 is 0 Å². The molecular formula is C17H19BrN2. The zero-order chi connectivity index (χ0) is 13.9. The van der Waals surface area contributed by atoms with E-state index in [1.807, 2.05) is 12.1 Å². The molecule has 0 unspecified atom stereocenters. The molecule has 20 heavy (non-hydrogen) atoms. The third kappa shape index (κ3) is 2.98. The Kier molecular flexibility index (Phi) is 3.97. The van der Waals surface area contributed by atoms with Crippen molar-refractivity contribution in [1.29, 1.82) is 0 Å². The van der Waals surface area contributed by atoms with Crippen LogP contribution in [0, 0.1) is 0 Å². The largest absolute Gasteiger partial charge is 0.399 e. The lowest BCUT2D eigenvalue weighted by molar-refractivity contribution is 0.505. The molecule has 1 saturated heterocycles. The van der Waals surface area contributed by atoms with Gasteiger partial charge in [-0.15, -0.1) is 0 Å². The minimum atomic E-state index is 0.666. The van der Waals surface area contributed by atoms with Crippen molar-refractivity contribution in [2.24, 2.45) is 0 Å². The number of benzene rings is 2. The van der Waals surface area contributed by atoms with E-state index in [0.717, 1.165) is 23.2 Å². The van der Waals surface area contributed by atoms with Crippen LogP contribution >= 0.6 is 15.9 Å². The first kappa shape index (κ1) is 13.5. The Morgan fingerprint density at radius 3 is 2.35 bits per heavy atom. The van der Waals surface area contributed by atoms with Crippen molar-refractivity contribution in [2.75, 3.05) is 23.7 Å². The summed E-state index contributed by atoms with van der Waals surface area (Å²) >= 11 is 3.55. The first-order valence-electron chi connectivity index (χ1n) is 7.08. The molecule has 0 bridgehead atoms. The summed E-state index contributed by atoms with van der Waals surface area (Å²) < 4.78 is 1.15. The maximum atomic E-state index is 5.76. The Morgan fingerprint density at radius 1 is 1.00 bits per heavy atom. The van der Waals surface area contributed by atoms with Crippen molar-refractivity contribution in [3.05, 3.63) is 58.6 Å².